The largest absolute Gasteiger partial charge is 0.497 e. The van der Waals surface area contributed by atoms with Crippen molar-refractivity contribution < 1.29 is 14.6 Å². The molecule has 2 aromatic carbocycles. The highest BCUT2D eigenvalue weighted by molar-refractivity contribution is 6.30. The molecule has 0 saturated carbocycles. The number of hydrogen-bond acceptors (Lipinski definition) is 4. The summed E-state index contributed by atoms with van der Waals surface area (Å²) in [4.78, 5) is 0. The van der Waals surface area contributed by atoms with Crippen LogP contribution in [0.5, 0.6) is 11.5 Å². The molecule has 1 unspecified atom stereocenters. The van der Waals surface area contributed by atoms with Crippen LogP contribution >= 0.6 is 11.6 Å². The van der Waals surface area contributed by atoms with Gasteiger partial charge in [-0.2, -0.15) is 0 Å². The average Bonchev–Trinajstić information content (AvgIpc) is 2.51. The first-order valence-corrected chi connectivity index (χ1v) is 6.99. The quantitative estimate of drug-likeness (QED) is 0.825. The van der Waals surface area contributed by atoms with Gasteiger partial charge in [0.05, 0.1) is 7.11 Å². The molecule has 0 amide bonds. The topological polar surface area (TPSA) is 50.7 Å². The summed E-state index contributed by atoms with van der Waals surface area (Å²) < 4.78 is 10.6. The summed E-state index contributed by atoms with van der Waals surface area (Å²) in [6, 6.07) is 14.6. The predicted molar refractivity (Wildman–Crippen MR) is 84.4 cm³/mol. The Kier molecular flexibility index (Phi) is 5.72. The standard InChI is InChI=1S/C16H18ClNO3/c1-20-15-5-7-16(8-6-15)21-11-14(19)10-18-13-4-2-3-12(17)9-13/h2-9,14,18-19H,10-11H2,1H3. The smallest absolute Gasteiger partial charge is 0.119 e. The molecule has 1 atom stereocenters. The van der Waals surface area contributed by atoms with Gasteiger partial charge in [-0.15, -0.1) is 0 Å². The molecule has 2 aromatic rings. The van der Waals surface area contributed by atoms with Gasteiger partial charge < -0.3 is 19.9 Å². The van der Waals surface area contributed by atoms with Gasteiger partial charge in [-0.1, -0.05) is 17.7 Å². The SMILES string of the molecule is COc1ccc(OCC(O)CNc2cccc(Cl)c2)cc1. The molecule has 0 fully saturated rings. The summed E-state index contributed by atoms with van der Waals surface area (Å²) >= 11 is 5.89. The van der Waals surface area contributed by atoms with Gasteiger partial charge in [-0.3, -0.25) is 0 Å². The minimum absolute atomic E-state index is 0.208. The molecule has 0 aliphatic carbocycles. The first-order valence-electron chi connectivity index (χ1n) is 6.62. The molecule has 0 spiro atoms. The van der Waals surface area contributed by atoms with Crippen LogP contribution in [0.4, 0.5) is 5.69 Å². The van der Waals surface area contributed by atoms with E-state index in [0.29, 0.717) is 17.3 Å². The molecule has 21 heavy (non-hydrogen) atoms. The second-order valence-electron chi connectivity index (χ2n) is 4.53. The van der Waals surface area contributed by atoms with Crippen molar-refractivity contribution in [3.8, 4) is 11.5 Å². The second kappa shape index (κ2) is 7.76. The molecule has 0 bridgehead atoms. The maximum Gasteiger partial charge on any atom is 0.119 e. The van der Waals surface area contributed by atoms with Gasteiger partial charge in [0.15, 0.2) is 0 Å². The van der Waals surface area contributed by atoms with Gasteiger partial charge in [-0.25, -0.2) is 0 Å². The molecule has 4 nitrogen and oxygen atoms in total. The third-order valence-electron chi connectivity index (χ3n) is 2.87. The van der Waals surface area contributed by atoms with Gasteiger partial charge in [0, 0.05) is 17.3 Å². The van der Waals surface area contributed by atoms with Crippen LogP contribution in [0, 0.1) is 0 Å². The summed E-state index contributed by atoms with van der Waals surface area (Å²) in [6.45, 7) is 0.594. The number of ether oxygens (including phenoxy) is 2. The normalized spacial score (nSPS) is 11.8. The Morgan fingerprint density at radius 1 is 1.14 bits per heavy atom. The van der Waals surface area contributed by atoms with E-state index in [2.05, 4.69) is 5.32 Å². The molecule has 0 aliphatic heterocycles. The van der Waals surface area contributed by atoms with Gasteiger partial charge in [-0.05, 0) is 42.5 Å². The number of methoxy groups -OCH3 is 1. The summed E-state index contributed by atoms with van der Waals surface area (Å²) in [5.74, 6) is 1.46. The van der Waals surface area contributed by atoms with Crippen molar-refractivity contribution in [2.75, 3.05) is 25.6 Å². The van der Waals surface area contributed by atoms with E-state index in [0.717, 1.165) is 11.4 Å². The number of aliphatic hydroxyl groups excluding tert-OH is 1. The Labute approximate surface area is 129 Å². The van der Waals surface area contributed by atoms with Crippen LogP contribution in [-0.2, 0) is 0 Å². The third kappa shape index (κ3) is 5.17. The van der Waals surface area contributed by atoms with Crippen molar-refractivity contribution in [3.63, 3.8) is 0 Å². The lowest BCUT2D eigenvalue weighted by atomic mass is 10.3. The van der Waals surface area contributed by atoms with Gasteiger partial charge >= 0.3 is 0 Å². The van der Waals surface area contributed by atoms with Crippen molar-refractivity contribution in [1.29, 1.82) is 0 Å². The summed E-state index contributed by atoms with van der Waals surface area (Å²) in [5.41, 5.74) is 0.867. The molecule has 0 aliphatic rings. The fraction of sp³-hybridized carbons (Fsp3) is 0.250. The van der Waals surface area contributed by atoms with E-state index < -0.39 is 6.10 Å². The Balaban J connectivity index is 1.75. The van der Waals surface area contributed by atoms with E-state index in [1.165, 1.54) is 0 Å². The van der Waals surface area contributed by atoms with Crippen LogP contribution in [0.3, 0.4) is 0 Å². The van der Waals surface area contributed by atoms with Crippen LogP contribution in [0.1, 0.15) is 0 Å². The number of nitrogens with one attached hydrogen (secondary N) is 1. The molecule has 2 rings (SSSR count). The van der Waals surface area contributed by atoms with E-state index in [-0.39, 0.29) is 6.61 Å². The monoisotopic (exact) mass is 307 g/mol. The number of rotatable bonds is 7. The maximum atomic E-state index is 9.90. The van der Waals surface area contributed by atoms with Crippen LogP contribution in [-0.4, -0.2) is 31.5 Å². The average molecular weight is 308 g/mol. The molecule has 2 N–H and O–H groups in total. The summed E-state index contributed by atoms with van der Waals surface area (Å²) in [7, 11) is 1.61. The molecule has 0 radical (unpaired) electrons. The fourth-order valence-electron chi connectivity index (χ4n) is 1.76. The molecule has 0 saturated heterocycles. The van der Waals surface area contributed by atoms with Crippen molar-refractivity contribution in [2.24, 2.45) is 0 Å². The van der Waals surface area contributed by atoms with E-state index in [9.17, 15) is 5.11 Å². The maximum absolute atomic E-state index is 9.90. The number of hydrogen-bond donors (Lipinski definition) is 2. The zero-order chi connectivity index (χ0) is 15.1. The van der Waals surface area contributed by atoms with Gasteiger partial charge in [0.25, 0.3) is 0 Å². The number of aliphatic hydroxyl groups is 1. The van der Waals surface area contributed by atoms with Gasteiger partial charge in [0.1, 0.15) is 24.2 Å². The number of benzene rings is 2. The third-order valence-corrected chi connectivity index (χ3v) is 3.10. The van der Waals surface area contributed by atoms with Crippen molar-refractivity contribution >= 4 is 17.3 Å². The minimum Gasteiger partial charge on any atom is -0.497 e. The van der Waals surface area contributed by atoms with Crippen molar-refractivity contribution in [1.82, 2.24) is 0 Å². The Morgan fingerprint density at radius 3 is 2.52 bits per heavy atom. The Morgan fingerprint density at radius 2 is 1.86 bits per heavy atom. The zero-order valence-corrected chi connectivity index (χ0v) is 12.5. The van der Waals surface area contributed by atoms with Crippen LogP contribution in [0.2, 0.25) is 5.02 Å². The zero-order valence-electron chi connectivity index (χ0n) is 11.8. The lowest BCUT2D eigenvalue weighted by Gasteiger charge is -2.14. The first kappa shape index (κ1) is 15.5. The summed E-state index contributed by atoms with van der Waals surface area (Å²) in [6.07, 6.45) is -0.619. The lowest BCUT2D eigenvalue weighted by Crippen LogP contribution is -2.26. The van der Waals surface area contributed by atoms with E-state index >= 15 is 0 Å². The Bertz CT molecular complexity index is 560. The number of anilines is 1. The molecular weight excluding hydrogens is 290 g/mol. The predicted octanol–water partition coefficient (Wildman–Crippen LogP) is 3.20. The van der Waals surface area contributed by atoms with Crippen molar-refractivity contribution in [2.45, 2.75) is 6.10 Å². The molecule has 5 heteroatoms. The summed E-state index contributed by atoms with van der Waals surface area (Å²) in [5, 5.41) is 13.7. The van der Waals surface area contributed by atoms with Crippen LogP contribution in [0.15, 0.2) is 48.5 Å². The first-order chi connectivity index (χ1) is 10.2. The molecular formula is C16H18ClNO3. The fourth-order valence-corrected chi connectivity index (χ4v) is 1.95. The minimum atomic E-state index is -0.619. The van der Waals surface area contributed by atoms with Crippen LogP contribution < -0.4 is 14.8 Å². The van der Waals surface area contributed by atoms with Crippen LogP contribution in [0.25, 0.3) is 0 Å². The lowest BCUT2D eigenvalue weighted by molar-refractivity contribution is 0.117. The highest BCUT2D eigenvalue weighted by Crippen LogP contribution is 2.17. The highest BCUT2D eigenvalue weighted by Gasteiger charge is 2.05. The Hall–Kier alpha value is -1.91. The molecule has 112 valence electrons. The van der Waals surface area contributed by atoms with E-state index in [4.69, 9.17) is 21.1 Å². The van der Waals surface area contributed by atoms with E-state index in [1.807, 2.05) is 24.3 Å². The molecule has 0 aromatic heterocycles. The highest BCUT2D eigenvalue weighted by atomic mass is 35.5. The van der Waals surface area contributed by atoms with Crippen molar-refractivity contribution in [3.05, 3.63) is 53.6 Å². The second-order valence-corrected chi connectivity index (χ2v) is 4.97. The molecule has 0 heterocycles. The number of halogens is 1. The van der Waals surface area contributed by atoms with Gasteiger partial charge in [0.2, 0.25) is 0 Å². The van der Waals surface area contributed by atoms with E-state index in [1.54, 1.807) is 31.4 Å².